The average Bonchev–Trinajstić information content (AvgIpc) is 3.53. The van der Waals surface area contributed by atoms with E-state index >= 15 is 0 Å². The number of aromatic nitrogens is 2. The number of carbonyl (C=O) groups is 1. The predicted molar refractivity (Wildman–Crippen MR) is 182 cm³/mol. The first kappa shape index (κ1) is 30.8. The van der Waals surface area contributed by atoms with Crippen LogP contribution in [-0.4, -0.2) is 82.4 Å². The van der Waals surface area contributed by atoms with Crippen molar-refractivity contribution < 1.29 is 14.6 Å². The summed E-state index contributed by atoms with van der Waals surface area (Å²) in [7, 11) is 0. The van der Waals surface area contributed by atoms with Crippen LogP contribution in [0.5, 0.6) is 6.01 Å². The van der Waals surface area contributed by atoms with Gasteiger partial charge in [0.1, 0.15) is 12.4 Å². The number of nitrogens with zero attached hydrogens (tertiary/aromatic N) is 7. The summed E-state index contributed by atoms with van der Waals surface area (Å²) in [5.41, 5.74) is 5.75. The molecular weight excluding hydrogens is 590 g/mol. The molecule has 1 N–H and O–H groups in total. The lowest BCUT2D eigenvalue weighted by Crippen LogP contribution is -2.55. The lowest BCUT2D eigenvalue weighted by molar-refractivity contribution is 0.118. The number of ether oxygens (including phenoxy) is 1. The zero-order chi connectivity index (χ0) is 32.3. The Bertz CT molecular complexity index is 1790. The van der Waals surface area contributed by atoms with Crippen LogP contribution in [-0.2, 0) is 19.5 Å². The number of likely N-dealkylation sites (tertiary alicyclic amines) is 1. The zero-order valence-corrected chi connectivity index (χ0v) is 26.9. The Morgan fingerprint density at radius 3 is 2.62 bits per heavy atom. The number of fused-ring (bicyclic) bond motifs is 2. The van der Waals surface area contributed by atoms with Gasteiger partial charge in [-0.15, -0.1) is 0 Å². The Morgan fingerprint density at radius 1 is 0.979 bits per heavy atom. The van der Waals surface area contributed by atoms with Crippen molar-refractivity contribution in [1.29, 1.82) is 5.26 Å². The lowest BCUT2D eigenvalue weighted by Gasteiger charge is -2.41. The van der Waals surface area contributed by atoms with Gasteiger partial charge in [-0.1, -0.05) is 60.7 Å². The number of amides is 1. The highest BCUT2D eigenvalue weighted by molar-refractivity contribution is 5.97. The molecule has 242 valence electrons. The smallest absolute Gasteiger partial charge is 0.407 e. The van der Waals surface area contributed by atoms with Gasteiger partial charge < -0.3 is 24.5 Å². The van der Waals surface area contributed by atoms with Crippen LogP contribution in [0.25, 0.3) is 10.8 Å². The predicted octanol–water partition coefficient (Wildman–Crippen LogP) is 5.63. The summed E-state index contributed by atoms with van der Waals surface area (Å²) in [4.78, 5) is 30.4. The van der Waals surface area contributed by atoms with Crippen molar-refractivity contribution >= 4 is 28.4 Å². The molecule has 3 aliphatic heterocycles. The minimum Gasteiger partial charge on any atom is -0.465 e. The molecule has 2 atom stereocenters. The molecule has 0 aliphatic carbocycles. The highest BCUT2D eigenvalue weighted by atomic mass is 16.5. The number of hydrogen-bond donors (Lipinski definition) is 1. The van der Waals surface area contributed by atoms with Crippen molar-refractivity contribution in [3.05, 3.63) is 89.1 Å². The van der Waals surface area contributed by atoms with Crippen LogP contribution in [0.1, 0.15) is 41.6 Å². The van der Waals surface area contributed by atoms with E-state index in [4.69, 9.17) is 14.7 Å². The van der Waals surface area contributed by atoms with Crippen LogP contribution < -0.4 is 14.5 Å². The lowest BCUT2D eigenvalue weighted by atomic mass is 9.99. The first-order chi connectivity index (χ1) is 23.0. The standard InChI is InChI=1S/C37H41N7O3/c1-26-8-5-11-28-12-6-14-33(34(26)28)42-19-16-31-32(24-42)39-36(40-35(31)43-20-21-44(37(45)46)29(23-43)15-17-38)47-25-30-13-7-18-41(30)22-27-9-3-2-4-10-27/h2-6,8-12,14,29-30H,7,13,15-16,18-25H2,1H3,(H,45,46)/t29?,30-/m0/s1. The number of nitriles is 1. The molecule has 1 aromatic heterocycles. The van der Waals surface area contributed by atoms with E-state index in [-0.39, 0.29) is 12.5 Å². The summed E-state index contributed by atoms with van der Waals surface area (Å²) in [6, 6.07) is 25.8. The normalized spacial score (nSPS) is 19.9. The van der Waals surface area contributed by atoms with E-state index in [1.54, 1.807) is 0 Å². The van der Waals surface area contributed by atoms with Gasteiger partial charge in [-0.25, -0.2) is 4.79 Å². The third kappa shape index (κ3) is 6.41. The molecule has 10 heteroatoms. The van der Waals surface area contributed by atoms with E-state index in [1.807, 2.05) is 6.07 Å². The number of rotatable bonds is 8. The van der Waals surface area contributed by atoms with Gasteiger partial charge in [0.2, 0.25) is 0 Å². The molecule has 4 aromatic rings. The van der Waals surface area contributed by atoms with Gasteiger partial charge in [-0.05, 0) is 55.3 Å². The summed E-state index contributed by atoms with van der Waals surface area (Å²) in [6.07, 6.45) is 2.09. The van der Waals surface area contributed by atoms with E-state index in [0.29, 0.717) is 38.8 Å². The number of aryl methyl sites for hydroxylation is 1. The molecule has 10 nitrogen and oxygen atoms in total. The molecule has 0 radical (unpaired) electrons. The molecule has 47 heavy (non-hydrogen) atoms. The fourth-order valence-electron chi connectivity index (χ4n) is 7.55. The maximum absolute atomic E-state index is 12.0. The summed E-state index contributed by atoms with van der Waals surface area (Å²) in [5.74, 6) is 0.805. The fraction of sp³-hybridized carbons (Fsp3) is 0.405. The van der Waals surface area contributed by atoms with Crippen LogP contribution in [0.3, 0.4) is 0 Å². The Balaban J connectivity index is 1.19. The summed E-state index contributed by atoms with van der Waals surface area (Å²) in [5, 5.41) is 21.8. The molecule has 1 unspecified atom stereocenters. The maximum Gasteiger partial charge on any atom is 0.407 e. The van der Waals surface area contributed by atoms with Crippen LogP contribution in [0.2, 0.25) is 0 Å². The molecule has 0 bridgehead atoms. The van der Waals surface area contributed by atoms with Crippen LogP contribution in [0, 0.1) is 18.3 Å². The minimum absolute atomic E-state index is 0.132. The summed E-state index contributed by atoms with van der Waals surface area (Å²) < 4.78 is 6.45. The first-order valence-electron chi connectivity index (χ1n) is 16.6. The fourth-order valence-corrected chi connectivity index (χ4v) is 7.55. The van der Waals surface area contributed by atoms with Gasteiger partial charge in [-0.3, -0.25) is 4.90 Å². The minimum atomic E-state index is -0.990. The maximum atomic E-state index is 12.0. The number of hydrogen-bond acceptors (Lipinski definition) is 8. The number of piperazine rings is 1. The Morgan fingerprint density at radius 2 is 1.81 bits per heavy atom. The van der Waals surface area contributed by atoms with Crippen molar-refractivity contribution in [3.63, 3.8) is 0 Å². The molecule has 0 saturated carbocycles. The first-order valence-corrected chi connectivity index (χ1v) is 16.6. The van der Waals surface area contributed by atoms with Crippen LogP contribution in [0.15, 0.2) is 66.7 Å². The third-order valence-corrected chi connectivity index (χ3v) is 9.94. The summed E-state index contributed by atoms with van der Waals surface area (Å²) in [6.45, 7) is 7.23. The number of benzene rings is 3. The van der Waals surface area contributed by atoms with Crippen molar-refractivity contribution in [2.24, 2.45) is 0 Å². The second kappa shape index (κ2) is 13.5. The zero-order valence-electron chi connectivity index (χ0n) is 26.9. The van der Waals surface area contributed by atoms with Crippen molar-refractivity contribution in [1.82, 2.24) is 19.8 Å². The molecule has 2 fully saturated rings. The Kier molecular flexibility index (Phi) is 8.81. The molecule has 2 saturated heterocycles. The second-order valence-corrected chi connectivity index (χ2v) is 12.9. The topological polar surface area (TPSA) is 109 Å². The Hall–Kier alpha value is -4.88. The highest BCUT2D eigenvalue weighted by Gasteiger charge is 2.34. The molecule has 3 aliphatic rings. The van der Waals surface area contributed by atoms with E-state index in [0.717, 1.165) is 56.0 Å². The Labute approximate surface area is 275 Å². The molecule has 7 rings (SSSR count). The van der Waals surface area contributed by atoms with E-state index in [9.17, 15) is 15.2 Å². The SMILES string of the molecule is Cc1cccc2cccc(N3CCc4c(nc(OC[C@@H]5CCCN5Cc5ccccc5)nc4N4CCN(C(=O)O)C(CC#N)C4)C3)c12. The van der Waals surface area contributed by atoms with Crippen molar-refractivity contribution in [2.75, 3.05) is 49.1 Å². The van der Waals surface area contributed by atoms with E-state index in [1.165, 1.54) is 32.5 Å². The summed E-state index contributed by atoms with van der Waals surface area (Å²) >= 11 is 0. The molecule has 4 heterocycles. The number of anilines is 2. The van der Waals surface area contributed by atoms with Gasteiger partial charge in [0.15, 0.2) is 0 Å². The van der Waals surface area contributed by atoms with Gasteiger partial charge in [0, 0.05) is 55.4 Å². The molecular formula is C37H41N7O3. The van der Waals surface area contributed by atoms with Crippen LogP contribution in [0.4, 0.5) is 16.3 Å². The quantitative estimate of drug-likeness (QED) is 0.265. The molecule has 1 amide bonds. The van der Waals surface area contributed by atoms with Gasteiger partial charge in [0.25, 0.3) is 0 Å². The van der Waals surface area contributed by atoms with E-state index < -0.39 is 12.1 Å². The third-order valence-electron chi connectivity index (χ3n) is 9.94. The van der Waals surface area contributed by atoms with Gasteiger partial charge in [-0.2, -0.15) is 15.2 Å². The average molecular weight is 632 g/mol. The van der Waals surface area contributed by atoms with Gasteiger partial charge >= 0.3 is 12.1 Å². The monoisotopic (exact) mass is 631 g/mol. The van der Waals surface area contributed by atoms with Gasteiger partial charge in [0.05, 0.1) is 30.8 Å². The largest absolute Gasteiger partial charge is 0.465 e. The van der Waals surface area contributed by atoms with Crippen molar-refractivity contribution in [3.8, 4) is 12.1 Å². The van der Waals surface area contributed by atoms with Crippen molar-refractivity contribution in [2.45, 2.75) is 57.8 Å². The second-order valence-electron chi connectivity index (χ2n) is 12.9. The highest BCUT2D eigenvalue weighted by Crippen LogP contribution is 2.36. The number of carboxylic acid groups (broad SMARTS) is 1. The molecule has 0 spiro atoms. The molecule has 3 aromatic carbocycles. The van der Waals surface area contributed by atoms with E-state index in [2.05, 4.69) is 88.4 Å². The van der Waals surface area contributed by atoms with Crippen LogP contribution >= 0.6 is 0 Å².